The molecule has 0 aromatic carbocycles. The summed E-state index contributed by atoms with van der Waals surface area (Å²) in [6, 6.07) is 5.70. The molecule has 3 heterocycles. The van der Waals surface area contributed by atoms with Crippen LogP contribution < -0.4 is 5.32 Å². The Balaban J connectivity index is 1.56. The van der Waals surface area contributed by atoms with Gasteiger partial charge in [-0.25, -0.2) is 4.98 Å². The molecule has 7 nitrogen and oxygen atoms in total. The first-order chi connectivity index (χ1) is 11.6. The Morgan fingerprint density at radius 1 is 1.25 bits per heavy atom. The van der Waals surface area contributed by atoms with E-state index in [2.05, 4.69) is 20.4 Å². The zero-order chi connectivity index (χ0) is 16.9. The Hall–Kier alpha value is -2.96. The van der Waals surface area contributed by atoms with Crippen LogP contribution in [-0.2, 0) is 17.8 Å². The van der Waals surface area contributed by atoms with Crippen molar-refractivity contribution in [3.05, 3.63) is 53.8 Å². The molecule has 0 aliphatic heterocycles. The molecular weight excluding hydrogens is 306 g/mol. The molecule has 0 atom stereocenters. The highest BCUT2D eigenvalue weighted by Gasteiger charge is 2.13. The molecule has 3 aromatic rings. The second-order valence-corrected chi connectivity index (χ2v) is 5.49. The minimum Gasteiger partial charge on any atom is -0.361 e. The summed E-state index contributed by atoms with van der Waals surface area (Å²) >= 11 is 0. The van der Waals surface area contributed by atoms with Crippen molar-refractivity contribution in [1.29, 1.82) is 0 Å². The zero-order valence-corrected chi connectivity index (χ0v) is 13.7. The number of imidazole rings is 1. The molecule has 3 aromatic heterocycles. The van der Waals surface area contributed by atoms with Gasteiger partial charge in [-0.15, -0.1) is 0 Å². The maximum atomic E-state index is 12.1. The first-order valence-electron chi connectivity index (χ1n) is 7.76. The van der Waals surface area contributed by atoms with Crippen LogP contribution in [0.25, 0.3) is 11.5 Å². The van der Waals surface area contributed by atoms with Gasteiger partial charge >= 0.3 is 0 Å². The fourth-order valence-corrected chi connectivity index (χ4v) is 2.51. The summed E-state index contributed by atoms with van der Waals surface area (Å²) in [4.78, 5) is 20.7. The number of carbonyl (C=O) groups excluding carboxylic acids is 1. The lowest BCUT2D eigenvalue weighted by atomic mass is 10.1. The Morgan fingerprint density at radius 2 is 2.12 bits per heavy atom. The van der Waals surface area contributed by atoms with Gasteiger partial charge in [0.15, 0.2) is 5.82 Å². The summed E-state index contributed by atoms with van der Waals surface area (Å²) in [5, 5.41) is 6.78. The second kappa shape index (κ2) is 7.08. The molecule has 0 radical (unpaired) electrons. The van der Waals surface area contributed by atoms with Crippen molar-refractivity contribution in [1.82, 2.24) is 25.0 Å². The van der Waals surface area contributed by atoms with E-state index in [1.54, 1.807) is 12.4 Å². The normalized spacial score (nSPS) is 10.8. The molecule has 3 rings (SSSR count). The monoisotopic (exact) mass is 325 g/mol. The van der Waals surface area contributed by atoms with Crippen LogP contribution in [0.2, 0.25) is 0 Å². The maximum absolute atomic E-state index is 12.1. The van der Waals surface area contributed by atoms with E-state index in [1.165, 1.54) is 0 Å². The molecule has 0 aliphatic rings. The van der Waals surface area contributed by atoms with E-state index in [9.17, 15) is 4.79 Å². The molecule has 0 saturated carbocycles. The number of amides is 1. The lowest BCUT2D eigenvalue weighted by Gasteiger charge is -2.09. The number of nitrogens with one attached hydrogen (secondary N) is 1. The van der Waals surface area contributed by atoms with Crippen molar-refractivity contribution in [2.24, 2.45) is 0 Å². The van der Waals surface area contributed by atoms with Gasteiger partial charge in [0.25, 0.3) is 0 Å². The Bertz CT molecular complexity index is 803. The van der Waals surface area contributed by atoms with E-state index in [-0.39, 0.29) is 12.3 Å². The molecule has 0 bridgehead atoms. The van der Waals surface area contributed by atoms with Gasteiger partial charge in [0, 0.05) is 37.2 Å². The number of aromatic nitrogens is 4. The van der Waals surface area contributed by atoms with Gasteiger partial charge in [-0.3, -0.25) is 9.78 Å². The van der Waals surface area contributed by atoms with Crippen LogP contribution in [0.5, 0.6) is 0 Å². The predicted molar refractivity (Wildman–Crippen MR) is 88.1 cm³/mol. The lowest BCUT2D eigenvalue weighted by molar-refractivity contribution is -0.120. The SMILES string of the molecule is Cc1noc(C)c1CC(=O)NCCn1ccnc1-c1ccccn1. The third-order valence-electron chi connectivity index (χ3n) is 3.80. The molecule has 0 unspecified atom stereocenters. The average molecular weight is 325 g/mol. The van der Waals surface area contributed by atoms with Crippen LogP contribution >= 0.6 is 0 Å². The Morgan fingerprint density at radius 3 is 2.83 bits per heavy atom. The number of nitrogens with zero attached hydrogens (tertiary/aromatic N) is 4. The van der Waals surface area contributed by atoms with Crippen molar-refractivity contribution in [3.8, 4) is 11.5 Å². The van der Waals surface area contributed by atoms with E-state index in [1.807, 2.05) is 42.8 Å². The van der Waals surface area contributed by atoms with Gasteiger partial charge in [0.05, 0.1) is 12.1 Å². The minimum atomic E-state index is -0.0519. The molecule has 0 saturated heterocycles. The molecule has 1 amide bonds. The number of aryl methyl sites for hydroxylation is 2. The average Bonchev–Trinajstić information content (AvgIpc) is 3.17. The smallest absolute Gasteiger partial charge is 0.224 e. The van der Waals surface area contributed by atoms with Crippen LogP contribution in [0.15, 0.2) is 41.3 Å². The number of carbonyl (C=O) groups is 1. The highest BCUT2D eigenvalue weighted by Crippen LogP contribution is 2.14. The molecule has 124 valence electrons. The van der Waals surface area contributed by atoms with E-state index in [0.717, 1.165) is 22.8 Å². The summed E-state index contributed by atoms with van der Waals surface area (Å²) in [5.74, 6) is 1.43. The van der Waals surface area contributed by atoms with E-state index in [4.69, 9.17) is 4.52 Å². The van der Waals surface area contributed by atoms with Gasteiger partial charge in [-0.1, -0.05) is 11.2 Å². The van der Waals surface area contributed by atoms with Gasteiger partial charge < -0.3 is 14.4 Å². The van der Waals surface area contributed by atoms with Gasteiger partial charge in [0.2, 0.25) is 5.91 Å². The summed E-state index contributed by atoms with van der Waals surface area (Å²) in [6.07, 6.45) is 5.62. The Kier molecular flexibility index (Phi) is 4.69. The van der Waals surface area contributed by atoms with Crippen LogP contribution in [-0.4, -0.2) is 32.1 Å². The zero-order valence-electron chi connectivity index (χ0n) is 13.7. The van der Waals surface area contributed by atoms with Gasteiger partial charge in [0.1, 0.15) is 11.5 Å². The highest BCUT2D eigenvalue weighted by molar-refractivity contribution is 5.78. The fourth-order valence-electron chi connectivity index (χ4n) is 2.51. The van der Waals surface area contributed by atoms with Crippen molar-refractivity contribution in [3.63, 3.8) is 0 Å². The molecule has 0 aliphatic carbocycles. The molecule has 7 heteroatoms. The number of hydrogen-bond donors (Lipinski definition) is 1. The summed E-state index contributed by atoms with van der Waals surface area (Å²) in [7, 11) is 0. The quantitative estimate of drug-likeness (QED) is 0.748. The maximum Gasteiger partial charge on any atom is 0.224 e. The summed E-state index contributed by atoms with van der Waals surface area (Å²) in [5.41, 5.74) is 2.42. The largest absolute Gasteiger partial charge is 0.361 e. The van der Waals surface area contributed by atoms with E-state index >= 15 is 0 Å². The standard InChI is InChI=1S/C17H19N5O2/c1-12-14(13(2)24-21-12)11-16(23)19-7-9-22-10-8-20-17(22)15-5-3-4-6-18-15/h3-6,8,10H,7,9,11H2,1-2H3,(H,19,23). The van der Waals surface area contributed by atoms with Gasteiger partial charge in [-0.05, 0) is 26.0 Å². The third kappa shape index (κ3) is 3.51. The first-order valence-corrected chi connectivity index (χ1v) is 7.76. The van der Waals surface area contributed by atoms with Crippen LogP contribution in [0.3, 0.4) is 0 Å². The van der Waals surface area contributed by atoms with Crippen LogP contribution in [0, 0.1) is 13.8 Å². The van der Waals surface area contributed by atoms with E-state index < -0.39 is 0 Å². The van der Waals surface area contributed by atoms with E-state index in [0.29, 0.717) is 18.8 Å². The number of pyridine rings is 1. The lowest BCUT2D eigenvalue weighted by Crippen LogP contribution is -2.29. The molecule has 24 heavy (non-hydrogen) atoms. The minimum absolute atomic E-state index is 0.0519. The third-order valence-corrected chi connectivity index (χ3v) is 3.80. The molecule has 1 N–H and O–H groups in total. The van der Waals surface area contributed by atoms with Crippen molar-refractivity contribution < 1.29 is 9.32 Å². The van der Waals surface area contributed by atoms with Crippen molar-refractivity contribution in [2.75, 3.05) is 6.54 Å². The van der Waals surface area contributed by atoms with Crippen molar-refractivity contribution in [2.45, 2.75) is 26.8 Å². The summed E-state index contributed by atoms with van der Waals surface area (Å²) in [6.45, 7) is 4.79. The molecule has 0 spiro atoms. The number of rotatable bonds is 6. The Labute approximate surface area is 139 Å². The highest BCUT2D eigenvalue weighted by atomic mass is 16.5. The molecule has 0 fully saturated rings. The van der Waals surface area contributed by atoms with Gasteiger partial charge in [-0.2, -0.15) is 0 Å². The molecular formula is C17H19N5O2. The fraction of sp³-hybridized carbons (Fsp3) is 0.294. The number of hydrogen-bond acceptors (Lipinski definition) is 5. The van der Waals surface area contributed by atoms with Crippen LogP contribution in [0.1, 0.15) is 17.0 Å². The first kappa shape index (κ1) is 15.9. The van der Waals surface area contributed by atoms with Crippen molar-refractivity contribution >= 4 is 5.91 Å². The van der Waals surface area contributed by atoms with Crippen LogP contribution in [0.4, 0.5) is 0 Å². The topological polar surface area (TPSA) is 85.8 Å². The second-order valence-electron chi connectivity index (χ2n) is 5.49. The predicted octanol–water partition coefficient (Wildman–Crippen LogP) is 1.91. The summed E-state index contributed by atoms with van der Waals surface area (Å²) < 4.78 is 7.05.